The van der Waals surface area contributed by atoms with Crippen molar-refractivity contribution in [3.05, 3.63) is 63.4 Å². The molecule has 7 heteroatoms. The molecule has 0 aliphatic rings. The van der Waals surface area contributed by atoms with Gasteiger partial charge >= 0.3 is 5.97 Å². The molecule has 108 valence electrons. The lowest BCUT2D eigenvalue weighted by Crippen LogP contribution is -2.16. The van der Waals surface area contributed by atoms with Crippen LogP contribution in [0.5, 0.6) is 0 Å². The summed E-state index contributed by atoms with van der Waals surface area (Å²) in [7, 11) is 0. The van der Waals surface area contributed by atoms with E-state index in [1.807, 2.05) is 0 Å². The Morgan fingerprint density at radius 2 is 1.81 bits per heavy atom. The van der Waals surface area contributed by atoms with Gasteiger partial charge in [0.15, 0.2) is 0 Å². The normalized spacial score (nSPS) is 10.2. The number of amides is 1. The summed E-state index contributed by atoms with van der Waals surface area (Å²) >= 11 is 11.6. The number of hydrogen-bond donors (Lipinski definition) is 2. The third kappa shape index (κ3) is 3.32. The zero-order valence-electron chi connectivity index (χ0n) is 10.4. The molecule has 2 aromatic rings. The van der Waals surface area contributed by atoms with Crippen LogP contribution >= 0.6 is 23.2 Å². The summed E-state index contributed by atoms with van der Waals surface area (Å²) in [5.74, 6) is -2.88. The number of carbonyl (C=O) groups excluding carboxylic acids is 1. The average Bonchev–Trinajstić information content (AvgIpc) is 2.43. The second-order valence-corrected chi connectivity index (χ2v) is 4.89. The summed E-state index contributed by atoms with van der Waals surface area (Å²) in [6, 6.07) is 7.61. The first-order valence-corrected chi connectivity index (χ1v) is 6.44. The van der Waals surface area contributed by atoms with Gasteiger partial charge in [-0.1, -0.05) is 29.3 Å². The lowest BCUT2D eigenvalue weighted by atomic mass is 10.1. The van der Waals surface area contributed by atoms with Crippen LogP contribution in [0.15, 0.2) is 36.4 Å². The highest BCUT2D eigenvalue weighted by molar-refractivity contribution is 6.35. The minimum absolute atomic E-state index is 0.0330. The van der Waals surface area contributed by atoms with Crippen molar-refractivity contribution < 1.29 is 19.1 Å². The number of halogens is 3. The fourth-order valence-electron chi connectivity index (χ4n) is 1.68. The molecule has 1 amide bonds. The van der Waals surface area contributed by atoms with Crippen LogP contribution in [0.3, 0.4) is 0 Å². The summed E-state index contributed by atoms with van der Waals surface area (Å²) in [5, 5.41) is 11.6. The van der Waals surface area contributed by atoms with E-state index in [1.165, 1.54) is 24.3 Å². The maximum Gasteiger partial charge on any atom is 0.337 e. The summed E-state index contributed by atoms with van der Waals surface area (Å²) in [4.78, 5) is 23.2. The number of anilines is 1. The summed E-state index contributed by atoms with van der Waals surface area (Å²) in [6.07, 6.45) is 0. The number of carboxylic acids is 1. The van der Waals surface area contributed by atoms with Crippen LogP contribution in [0.2, 0.25) is 10.0 Å². The fourth-order valence-corrected chi connectivity index (χ4v) is 2.08. The molecular formula is C14H8Cl2FNO3. The van der Waals surface area contributed by atoms with Crippen molar-refractivity contribution >= 4 is 40.8 Å². The van der Waals surface area contributed by atoms with Crippen LogP contribution in [0.4, 0.5) is 10.1 Å². The second-order valence-electron chi connectivity index (χ2n) is 4.05. The van der Waals surface area contributed by atoms with Crippen LogP contribution in [0, 0.1) is 5.82 Å². The van der Waals surface area contributed by atoms with E-state index in [-0.39, 0.29) is 26.9 Å². The third-order valence-corrected chi connectivity index (χ3v) is 3.21. The quantitative estimate of drug-likeness (QED) is 0.892. The molecule has 0 fully saturated rings. The first kappa shape index (κ1) is 15.3. The number of nitrogens with one attached hydrogen (secondary N) is 1. The highest BCUT2D eigenvalue weighted by Crippen LogP contribution is 2.27. The molecule has 2 rings (SSSR count). The van der Waals surface area contributed by atoms with E-state index in [1.54, 1.807) is 0 Å². The van der Waals surface area contributed by atoms with Gasteiger partial charge in [-0.2, -0.15) is 0 Å². The number of aromatic carboxylic acids is 1. The highest BCUT2D eigenvalue weighted by atomic mass is 35.5. The minimum Gasteiger partial charge on any atom is -0.478 e. The predicted octanol–water partition coefficient (Wildman–Crippen LogP) is 4.08. The monoisotopic (exact) mass is 327 g/mol. The number of benzene rings is 2. The van der Waals surface area contributed by atoms with E-state index in [0.717, 1.165) is 12.1 Å². The van der Waals surface area contributed by atoms with Crippen molar-refractivity contribution in [2.75, 3.05) is 5.32 Å². The molecule has 0 bridgehead atoms. The molecule has 0 radical (unpaired) electrons. The van der Waals surface area contributed by atoms with Crippen LogP contribution in [0.25, 0.3) is 0 Å². The zero-order valence-corrected chi connectivity index (χ0v) is 11.9. The molecule has 0 saturated heterocycles. The molecule has 2 aromatic carbocycles. The van der Waals surface area contributed by atoms with Gasteiger partial charge in [-0.3, -0.25) is 4.79 Å². The second kappa shape index (κ2) is 6.11. The summed E-state index contributed by atoms with van der Waals surface area (Å²) < 4.78 is 13.6. The number of rotatable bonds is 3. The summed E-state index contributed by atoms with van der Waals surface area (Å²) in [5.41, 5.74) is -0.604. The molecule has 0 saturated carbocycles. The van der Waals surface area contributed by atoms with Crippen LogP contribution in [0.1, 0.15) is 20.7 Å². The van der Waals surface area contributed by atoms with Gasteiger partial charge in [0.2, 0.25) is 0 Å². The predicted molar refractivity (Wildman–Crippen MR) is 77.8 cm³/mol. The standard InChI is InChI=1S/C14H8Cl2FNO3/c15-7-4-5-11(17)9(6-7)13(19)18-12-8(14(20)21)2-1-3-10(12)16/h1-6H,(H,18,19)(H,20,21). The molecule has 21 heavy (non-hydrogen) atoms. The van der Waals surface area contributed by atoms with Crippen LogP contribution < -0.4 is 5.32 Å². The number of para-hydroxylation sites is 1. The Hall–Kier alpha value is -2.11. The molecule has 0 aromatic heterocycles. The Bertz CT molecular complexity index is 734. The van der Waals surface area contributed by atoms with Crippen molar-refractivity contribution in [1.82, 2.24) is 0 Å². The third-order valence-electron chi connectivity index (χ3n) is 2.66. The van der Waals surface area contributed by atoms with Crippen molar-refractivity contribution in [2.24, 2.45) is 0 Å². The highest BCUT2D eigenvalue weighted by Gasteiger charge is 2.18. The van der Waals surface area contributed by atoms with Crippen LogP contribution in [-0.2, 0) is 0 Å². The van der Waals surface area contributed by atoms with Gasteiger partial charge < -0.3 is 10.4 Å². The van der Waals surface area contributed by atoms with Gasteiger partial charge in [-0.05, 0) is 30.3 Å². The Morgan fingerprint density at radius 3 is 2.48 bits per heavy atom. The molecule has 4 nitrogen and oxygen atoms in total. The van der Waals surface area contributed by atoms with Gasteiger partial charge in [0, 0.05) is 5.02 Å². The number of hydrogen-bond acceptors (Lipinski definition) is 2. The van der Waals surface area contributed by atoms with Gasteiger partial charge in [0.1, 0.15) is 5.82 Å². The average molecular weight is 328 g/mol. The number of carboxylic acid groups (broad SMARTS) is 1. The van der Waals surface area contributed by atoms with E-state index in [2.05, 4.69) is 5.32 Å². The topological polar surface area (TPSA) is 66.4 Å². The SMILES string of the molecule is O=C(Nc1c(Cl)cccc1C(=O)O)c1cc(Cl)ccc1F. The lowest BCUT2D eigenvalue weighted by molar-refractivity contribution is 0.0698. The molecule has 2 N–H and O–H groups in total. The summed E-state index contributed by atoms with van der Waals surface area (Å²) in [6.45, 7) is 0. The minimum atomic E-state index is -1.26. The van der Waals surface area contributed by atoms with Crippen molar-refractivity contribution in [3.63, 3.8) is 0 Å². The van der Waals surface area contributed by atoms with Gasteiger partial charge in [0.05, 0.1) is 21.8 Å². The molecule has 0 aliphatic heterocycles. The van der Waals surface area contributed by atoms with E-state index in [0.29, 0.717) is 0 Å². The maximum atomic E-state index is 13.6. The van der Waals surface area contributed by atoms with E-state index >= 15 is 0 Å². The smallest absolute Gasteiger partial charge is 0.337 e. The largest absolute Gasteiger partial charge is 0.478 e. The van der Waals surface area contributed by atoms with Gasteiger partial charge in [0.25, 0.3) is 5.91 Å². The Balaban J connectivity index is 2.41. The molecule has 0 heterocycles. The Labute approximate surface area is 129 Å². The first-order chi connectivity index (χ1) is 9.90. The molecule has 0 unspecified atom stereocenters. The molecule has 0 spiro atoms. The van der Waals surface area contributed by atoms with E-state index < -0.39 is 17.7 Å². The van der Waals surface area contributed by atoms with Gasteiger partial charge in [-0.25, -0.2) is 9.18 Å². The lowest BCUT2D eigenvalue weighted by Gasteiger charge is -2.11. The molecule has 0 aliphatic carbocycles. The molecular weight excluding hydrogens is 320 g/mol. The molecule has 0 atom stereocenters. The van der Waals surface area contributed by atoms with Crippen molar-refractivity contribution in [1.29, 1.82) is 0 Å². The Morgan fingerprint density at radius 1 is 1.10 bits per heavy atom. The van der Waals surface area contributed by atoms with Crippen LogP contribution in [-0.4, -0.2) is 17.0 Å². The Kier molecular flexibility index (Phi) is 4.45. The zero-order chi connectivity index (χ0) is 15.6. The fraction of sp³-hybridized carbons (Fsp3) is 0. The first-order valence-electron chi connectivity index (χ1n) is 5.68. The van der Waals surface area contributed by atoms with Crippen molar-refractivity contribution in [2.45, 2.75) is 0 Å². The maximum absolute atomic E-state index is 13.6. The number of carbonyl (C=O) groups is 2. The van der Waals surface area contributed by atoms with E-state index in [4.69, 9.17) is 28.3 Å². The van der Waals surface area contributed by atoms with Crippen molar-refractivity contribution in [3.8, 4) is 0 Å². The van der Waals surface area contributed by atoms with E-state index in [9.17, 15) is 14.0 Å². The van der Waals surface area contributed by atoms with Gasteiger partial charge in [-0.15, -0.1) is 0 Å².